The number of nitrogens with zero attached hydrogens (tertiary/aromatic N) is 1. The van der Waals surface area contributed by atoms with Crippen LogP contribution in [0.2, 0.25) is 0 Å². The van der Waals surface area contributed by atoms with Crippen LogP contribution >= 0.6 is 0 Å². The second-order valence-corrected chi connectivity index (χ2v) is 11.3. The van der Waals surface area contributed by atoms with Crippen molar-refractivity contribution in [2.45, 2.75) is 86.0 Å². The topological polar surface area (TPSA) is 34.1 Å². The van der Waals surface area contributed by atoms with E-state index in [2.05, 4.69) is 75.3 Å². The van der Waals surface area contributed by atoms with Crippen LogP contribution < -0.4 is 10.1 Å². The van der Waals surface area contributed by atoms with Crippen molar-refractivity contribution in [1.82, 2.24) is 4.98 Å². The molecule has 0 atom stereocenters. The van der Waals surface area contributed by atoms with Gasteiger partial charge in [-0.3, -0.25) is 4.98 Å². The molecule has 0 spiro atoms. The van der Waals surface area contributed by atoms with Gasteiger partial charge in [-0.2, -0.15) is 0 Å². The van der Waals surface area contributed by atoms with Gasteiger partial charge in [0.25, 0.3) is 0 Å². The standard InChI is InChI=1S/C31H44N2O/c1-30(2,3)31(4,5)21-11-9-7-6-8-10-12-23-34-28-18-15-26(16-19-28)33-27-17-20-29-25(24-27)14-13-22-32-29/h13-20,22,24,33H,6-12,21,23H2,1-5H3. The van der Waals surface area contributed by atoms with Crippen molar-refractivity contribution in [2.75, 3.05) is 11.9 Å². The summed E-state index contributed by atoms with van der Waals surface area (Å²) in [6.07, 6.45) is 12.3. The maximum Gasteiger partial charge on any atom is 0.119 e. The summed E-state index contributed by atoms with van der Waals surface area (Å²) < 4.78 is 5.95. The number of aromatic nitrogens is 1. The van der Waals surface area contributed by atoms with E-state index in [0.29, 0.717) is 10.8 Å². The Morgan fingerprint density at radius 1 is 0.735 bits per heavy atom. The van der Waals surface area contributed by atoms with Gasteiger partial charge in [0.15, 0.2) is 0 Å². The van der Waals surface area contributed by atoms with Crippen LogP contribution in [0.1, 0.15) is 86.0 Å². The zero-order chi connectivity index (χ0) is 24.4. The van der Waals surface area contributed by atoms with Crippen molar-refractivity contribution in [2.24, 2.45) is 10.8 Å². The van der Waals surface area contributed by atoms with E-state index in [-0.39, 0.29) is 0 Å². The minimum atomic E-state index is 0.388. The summed E-state index contributed by atoms with van der Waals surface area (Å²) in [6, 6.07) is 18.5. The van der Waals surface area contributed by atoms with E-state index in [0.717, 1.165) is 41.1 Å². The maximum absolute atomic E-state index is 5.95. The number of anilines is 2. The van der Waals surface area contributed by atoms with E-state index in [1.807, 2.05) is 30.5 Å². The van der Waals surface area contributed by atoms with Crippen molar-refractivity contribution in [3.05, 3.63) is 60.8 Å². The minimum absolute atomic E-state index is 0.388. The number of unbranched alkanes of at least 4 members (excludes halogenated alkanes) is 6. The normalized spacial score (nSPS) is 12.1. The van der Waals surface area contributed by atoms with E-state index < -0.39 is 0 Å². The number of pyridine rings is 1. The van der Waals surface area contributed by atoms with Gasteiger partial charge in [0.1, 0.15) is 5.75 Å². The van der Waals surface area contributed by atoms with Gasteiger partial charge in [-0.1, -0.05) is 79.2 Å². The minimum Gasteiger partial charge on any atom is -0.494 e. The van der Waals surface area contributed by atoms with Crippen molar-refractivity contribution >= 4 is 22.3 Å². The van der Waals surface area contributed by atoms with Gasteiger partial charge in [0.2, 0.25) is 0 Å². The third-order valence-electron chi connectivity index (χ3n) is 7.49. The summed E-state index contributed by atoms with van der Waals surface area (Å²) in [6.45, 7) is 12.7. The zero-order valence-electron chi connectivity index (χ0n) is 22.0. The summed E-state index contributed by atoms with van der Waals surface area (Å²) in [7, 11) is 0. The van der Waals surface area contributed by atoms with Crippen molar-refractivity contribution in [1.29, 1.82) is 0 Å². The average molecular weight is 461 g/mol. The molecule has 0 amide bonds. The van der Waals surface area contributed by atoms with Gasteiger partial charge < -0.3 is 10.1 Å². The SMILES string of the molecule is CC(C)(C)C(C)(C)CCCCCCCCCOc1ccc(Nc2ccc3ncccc3c2)cc1. The monoisotopic (exact) mass is 460 g/mol. The maximum atomic E-state index is 5.95. The Morgan fingerprint density at radius 3 is 2.09 bits per heavy atom. The third-order valence-corrected chi connectivity index (χ3v) is 7.49. The van der Waals surface area contributed by atoms with Crippen molar-refractivity contribution < 1.29 is 4.74 Å². The molecule has 2 aromatic carbocycles. The molecule has 0 fully saturated rings. The highest BCUT2D eigenvalue weighted by Gasteiger charge is 2.31. The Bertz CT molecular complexity index is 1000. The van der Waals surface area contributed by atoms with Gasteiger partial charge in [0, 0.05) is 23.0 Å². The lowest BCUT2D eigenvalue weighted by Crippen LogP contribution is -2.29. The molecule has 0 radical (unpaired) electrons. The van der Waals surface area contributed by atoms with Crippen LogP contribution in [0, 0.1) is 10.8 Å². The van der Waals surface area contributed by atoms with Crippen LogP contribution in [0.15, 0.2) is 60.8 Å². The lowest BCUT2D eigenvalue weighted by Gasteiger charge is -2.39. The van der Waals surface area contributed by atoms with Crippen molar-refractivity contribution in [3.63, 3.8) is 0 Å². The number of nitrogens with one attached hydrogen (secondary N) is 1. The highest BCUT2D eigenvalue weighted by Crippen LogP contribution is 2.42. The molecule has 3 aromatic rings. The predicted molar refractivity (Wildman–Crippen MR) is 147 cm³/mol. The van der Waals surface area contributed by atoms with E-state index in [1.54, 1.807) is 0 Å². The smallest absolute Gasteiger partial charge is 0.119 e. The molecule has 0 aliphatic rings. The first kappa shape index (κ1) is 26.1. The molecule has 0 bridgehead atoms. The quantitative estimate of drug-likeness (QED) is 0.258. The van der Waals surface area contributed by atoms with E-state index in [1.165, 1.54) is 44.9 Å². The lowest BCUT2D eigenvalue weighted by molar-refractivity contribution is 0.115. The van der Waals surface area contributed by atoms with E-state index in [4.69, 9.17) is 4.74 Å². The van der Waals surface area contributed by atoms with Gasteiger partial charge in [-0.15, -0.1) is 0 Å². The molecule has 184 valence electrons. The molecule has 0 unspecified atom stereocenters. The van der Waals surface area contributed by atoms with E-state index >= 15 is 0 Å². The van der Waals surface area contributed by atoms with Gasteiger partial charge in [0.05, 0.1) is 12.1 Å². The first-order valence-corrected chi connectivity index (χ1v) is 13.1. The molecule has 0 aliphatic carbocycles. The first-order valence-electron chi connectivity index (χ1n) is 13.1. The van der Waals surface area contributed by atoms with Gasteiger partial charge >= 0.3 is 0 Å². The summed E-state index contributed by atoms with van der Waals surface area (Å²) in [5.74, 6) is 0.940. The molecule has 3 rings (SSSR count). The van der Waals surface area contributed by atoms with Crippen LogP contribution in [-0.4, -0.2) is 11.6 Å². The predicted octanol–water partition coefficient (Wildman–Crippen LogP) is 9.55. The molecule has 34 heavy (non-hydrogen) atoms. The third kappa shape index (κ3) is 8.04. The Hall–Kier alpha value is -2.55. The molecule has 1 aromatic heterocycles. The lowest BCUT2D eigenvalue weighted by atomic mass is 9.67. The zero-order valence-corrected chi connectivity index (χ0v) is 22.0. The number of rotatable bonds is 13. The summed E-state index contributed by atoms with van der Waals surface area (Å²) >= 11 is 0. The van der Waals surface area contributed by atoms with Gasteiger partial charge in [-0.05, 0) is 72.2 Å². The van der Waals surface area contributed by atoms with Crippen molar-refractivity contribution in [3.8, 4) is 5.75 Å². The Kier molecular flexibility index (Phi) is 9.38. The fourth-order valence-electron chi connectivity index (χ4n) is 4.07. The highest BCUT2D eigenvalue weighted by molar-refractivity contribution is 5.83. The summed E-state index contributed by atoms with van der Waals surface area (Å²) in [4.78, 5) is 4.38. The molecule has 1 heterocycles. The molecule has 1 N–H and O–H groups in total. The number of benzene rings is 2. The fraction of sp³-hybridized carbons (Fsp3) is 0.516. The van der Waals surface area contributed by atoms with Crippen LogP contribution in [0.4, 0.5) is 11.4 Å². The Labute approximate surface area is 207 Å². The fourth-order valence-corrected chi connectivity index (χ4v) is 4.07. The molecule has 3 heteroatoms. The second-order valence-electron chi connectivity index (χ2n) is 11.3. The summed E-state index contributed by atoms with van der Waals surface area (Å²) in [5, 5.41) is 4.60. The van der Waals surface area contributed by atoms with Crippen LogP contribution in [0.5, 0.6) is 5.75 Å². The molecular formula is C31H44N2O. The summed E-state index contributed by atoms with van der Waals surface area (Å²) in [5.41, 5.74) is 3.94. The molecule has 0 saturated heterocycles. The van der Waals surface area contributed by atoms with Crippen LogP contribution in [-0.2, 0) is 0 Å². The number of hydrogen-bond acceptors (Lipinski definition) is 3. The molecule has 3 nitrogen and oxygen atoms in total. The number of fused-ring (bicyclic) bond motifs is 1. The molecule has 0 aliphatic heterocycles. The van der Waals surface area contributed by atoms with Crippen LogP contribution in [0.3, 0.4) is 0 Å². The number of ether oxygens (including phenoxy) is 1. The molecule has 0 saturated carbocycles. The molecular weight excluding hydrogens is 416 g/mol. The Morgan fingerprint density at radius 2 is 1.38 bits per heavy atom. The van der Waals surface area contributed by atoms with Gasteiger partial charge in [-0.25, -0.2) is 0 Å². The average Bonchev–Trinajstić information content (AvgIpc) is 2.80. The van der Waals surface area contributed by atoms with Crippen LogP contribution in [0.25, 0.3) is 10.9 Å². The number of hydrogen-bond donors (Lipinski definition) is 1. The highest BCUT2D eigenvalue weighted by atomic mass is 16.5. The van der Waals surface area contributed by atoms with E-state index in [9.17, 15) is 0 Å². The largest absolute Gasteiger partial charge is 0.494 e. The first-order chi connectivity index (χ1) is 16.2. The second kappa shape index (κ2) is 12.2. The Balaban J connectivity index is 1.26.